The van der Waals surface area contributed by atoms with E-state index in [1.807, 2.05) is 18.2 Å². The molecule has 2 heterocycles. The number of hydrogen-bond acceptors (Lipinski definition) is 5. The summed E-state index contributed by atoms with van der Waals surface area (Å²) in [6.45, 7) is 1.14. The second-order valence-electron chi connectivity index (χ2n) is 7.06. The molecule has 3 aromatic rings. The number of nitrogens with one attached hydrogen (secondary N) is 1. The van der Waals surface area contributed by atoms with Gasteiger partial charge >= 0.3 is 4.87 Å². The van der Waals surface area contributed by atoms with Gasteiger partial charge in [-0.25, -0.2) is 8.42 Å². The van der Waals surface area contributed by atoms with Crippen molar-refractivity contribution in [3.63, 3.8) is 0 Å². The number of aromatic nitrogens is 1. The van der Waals surface area contributed by atoms with Crippen molar-refractivity contribution in [1.82, 2.24) is 14.2 Å². The molecular weight excluding hydrogens is 446 g/mol. The van der Waals surface area contributed by atoms with E-state index >= 15 is 0 Å². The molecule has 1 fully saturated rings. The largest absolute Gasteiger partial charge is 0.350 e. The number of sulfonamides is 1. The molecule has 1 aliphatic rings. The summed E-state index contributed by atoms with van der Waals surface area (Å²) in [5.74, 6) is -0.328. The highest BCUT2D eigenvalue weighted by Crippen LogP contribution is 2.26. The van der Waals surface area contributed by atoms with Gasteiger partial charge in [0.15, 0.2) is 0 Å². The lowest BCUT2D eigenvalue weighted by Crippen LogP contribution is -2.30. The first kappa shape index (κ1) is 21.0. The van der Waals surface area contributed by atoms with E-state index in [2.05, 4.69) is 5.32 Å². The normalized spacial score (nSPS) is 15.0. The first-order valence-corrected chi connectivity index (χ1v) is 12.1. The van der Waals surface area contributed by atoms with Gasteiger partial charge in [-0.15, -0.1) is 0 Å². The van der Waals surface area contributed by atoms with Crippen molar-refractivity contribution in [3.05, 3.63) is 62.7 Å². The SMILES string of the molecule is O=C(Cn1c(=O)sc2cc(S(=O)(=O)N3CCCC3)ccc21)NCc1ccccc1Cl. The molecule has 0 atom stereocenters. The van der Waals surface area contributed by atoms with Gasteiger partial charge in [-0.1, -0.05) is 41.1 Å². The van der Waals surface area contributed by atoms with Gasteiger partial charge < -0.3 is 5.32 Å². The lowest BCUT2D eigenvalue weighted by atomic mass is 10.2. The van der Waals surface area contributed by atoms with E-state index in [9.17, 15) is 18.0 Å². The average Bonchev–Trinajstić information content (AvgIpc) is 3.36. The second kappa shape index (κ2) is 8.50. The third-order valence-electron chi connectivity index (χ3n) is 5.08. The van der Waals surface area contributed by atoms with Gasteiger partial charge in [-0.2, -0.15) is 4.31 Å². The zero-order valence-electron chi connectivity index (χ0n) is 16.0. The predicted molar refractivity (Wildman–Crippen MR) is 117 cm³/mol. The van der Waals surface area contributed by atoms with E-state index in [0.29, 0.717) is 28.3 Å². The Morgan fingerprint density at radius 3 is 2.60 bits per heavy atom. The molecule has 7 nitrogen and oxygen atoms in total. The summed E-state index contributed by atoms with van der Waals surface area (Å²) in [6, 6.07) is 11.8. The lowest BCUT2D eigenvalue weighted by Gasteiger charge is -2.15. The van der Waals surface area contributed by atoms with Gasteiger partial charge in [-0.3, -0.25) is 14.2 Å². The third-order valence-corrected chi connectivity index (χ3v) is 8.28. The smallest absolute Gasteiger partial charge is 0.308 e. The molecule has 1 aromatic heterocycles. The van der Waals surface area contributed by atoms with Crippen molar-refractivity contribution in [3.8, 4) is 0 Å². The summed E-state index contributed by atoms with van der Waals surface area (Å²) in [5.41, 5.74) is 1.32. The van der Waals surface area contributed by atoms with Crippen LogP contribution >= 0.6 is 22.9 Å². The molecule has 0 radical (unpaired) electrons. The van der Waals surface area contributed by atoms with E-state index in [1.165, 1.54) is 21.0 Å². The molecule has 4 rings (SSSR count). The van der Waals surface area contributed by atoms with Crippen LogP contribution in [0.3, 0.4) is 0 Å². The molecule has 1 amide bonds. The highest BCUT2D eigenvalue weighted by atomic mass is 35.5. The quantitative estimate of drug-likeness (QED) is 0.606. The molecule has 10 heteroatoms. The lowest BCUT2D eigenvalue weighted by molar-refractivity contribution is -0.121. The van der Waals surface area contributed by atoms with Crippen molar-refractivity contribution in [2.24, 2.45) is 0 Å². The molecule has 0 bridgehead atoms. The number of rotatable bonds is 6. The van der Waals surface area contributed by atoms with E-state index in [0.717, 1.165) is 29.7 Å². The highest BCUT2D eigenvalue weighted by molar-refractivity contribution is 7.89. The van der Waals surface area contributed by atoms with Crippen molar-refractivity contribution >= 4 is 49.1 Å². The molecule has 1 N–H and O–H groups in total. The van der Waals surface area contributed by atoms with Crippen LogP contribution in [0.4, 0.5) is 0 Å². The van der Waals surface area contributed by atoms with E-state index in [1.54, 1.807) is 12.1 Å². The summed E-state index contributed by atoms with van der Waals surface area (Å²) in [7, 11) is -3.56. The van der Waals surface area contributed by atoms with Gasteiger partial charge in [-0.05, 0) is 42.7 Å². The van der Waals surface area contributed by atoms with Crippen molar-refractivity contribution in [1.29, 1.82) is 0 Å². The minimum atomic E-state index is -3.56. The van der Waals surface area contributed by atoms with Crippen LogP contribution in [0.5, 0.6) is 0 Å². The van der Waals surface area contributed by atoms with E-state index in [4.69, 9.17) is 11.6 Å². The van der Waals surface area contributed by atoms with Crippen LogP contribution in [-0.4, -0.2) is 36.3 Å². The number of amides is 1. The van der Waals surface area contributed by atoms with Crippen LogP contribution in [0.1, 0.15) is 18.4 Å². The summed E-state index contributed by atoms with van der Waals surface area (Å²) < 4.78 is 28.9. The number of fused-ring (bicyclic) bond motifs is 1. The van der Waals surface area contributed by atoms with Gasteiger partial charge in [0.2, 0.25) is 15.9 Å². The Bertz CT molecular complexity index is 1260. The Labute approximate surface area is 182 Å². The number of thiazole rings is 1. The molecule has 0 aliphatic carbocycles. The Morgan fingerprint density at radius 2 is 1.87 bits per heavy atom. The Kier molecular flexibility index (Phi) is 5.97. The molecule has 0 unspecified atom stereocenters. The van der Waals surface area contributed by atoms with Gasteiger partial charge in [0.25, 0.3) is 0 Å². The molecular formula is C20H20ClN3O4S2. The monoisotopic (exact) mass is 465 g/mol. The van der Waals surface area contributed by atoms with E-state index < -0.39 is 10.0 Å². The average molecular weight is 466 g/mol. The Hall–Kier alpha value is -2.20. The van der Waals surface area contributed by atoms with Crippen molar-refractivity contribution in [2.75, 3.05) is 13.1 Å². The number of hydrogen-bond donors (Lipinski definition) is 1. The molecule has 2 aromatic carbocycles. The number of carbonyl (C=O) groups excluding carboxylic acids is 1. The van der Waals surface area contributed by atoms with Crippen LogP contribution < -0.4 is 10.2 Å². The molecule has 158 valence electrons. The number of halogens is 1. The second-order valence-corrected chi connectivity index (χ2v) is 10.4. The zero-order valence-corrected chi connectivity index (χ0v) is 18.4. The van der Waals surface area contributed by atoms with Gasteiger partial charge in [0.1, 0.15) is 6.54 Å². The number of carbonyl (C=O) groups is 1. The maximum atomic E-state index is 12.8. The van der Waals surface area contributed by atoms with Crippen LogP contribution in [0.25, 0.3) is 10.2 Å². The molecule has 30 heavy (non-hydrogen) atoms. The maximum Gasteiger partial charge on any atom is 0.308 e. The summed E-state index contributed by atoms with van der Waals surface area (Å²) in [6.07, 6.45) is 1.71. The summed E-state index contributed by atoms with van der Waals surface area (Å²) in [4.78, 5) is 24.7. The van der Waals surface area contributed by atoms with Gasteiger partial charge in [0.05, 0.1) is 15.1 Å². The fourth-order valence-electron chi connectivity index (χ4n) is 3.47. The minimum absolute atomic E-state index is 0.151. The summed E-state index contributed by atoms with van der Waals surface area (Å²) in [5, 5.41) is 3.32. The van der Waals surface area contributed by atoms with Crippen molar-refractivity contribution in [2.45, 2.75) is 30.8 Å². The van der Waals surface area contributed by atoms with E-state index in [-0.39, 0.29) is 28.8 Å². The fraction of sp³-hybridized carbons (Fsp3) is 0.300. The van der Waals surface area contributed by atoms with Crippen LogP contribution in [0.15, 0.2) is 52.2 Å². The highest BCUT2D eigenvalue weighted by Gasteiger charge is 2.27. The minimum Gasteiger partial charge on any atom is -0.350 e. The predicted octanol–water partition coefficient (Wildman–Crippen LogP) is 2.82. The molecule has 0 spiro atoms. The summed E-state index contributed by atoms with van der Waals surface area (Å²) >= 11 is 7.03. The first-order valence-electron chi connectivity index (χ1n) is 9.50. The Balaban J connectivity index is 1.53. The molecule has 1 aliphatic heterocycles. The first-order chi connectivity index (χ1) is 14.4. The maximum absolute atomic E-state index is 12.8. The van der Waals surface area contributed by atoms with Crippen LogP contribution in [0.2, 0.25) is 5.02 Å². The Morgan fingerprint density at radius 1 is 1.13 bits per heavy atom. The number of benzene rings is 2. The molecule has 1 saturated heterocycles. The molecule has 0 saturated carbocycles. The van der Waals surface area contributed by atoms with Crippen molar-refractivity contribution < 1.29 is 13.2 Å². The third kappa shape index (κ3) is 4.15. The standard InChI is InChI=1S/C20H20ClN3O4S2/c21-16-6-2-1-5-14(16)12-22-19(25)13-24-17-8-7-15(11-18(17)29-20(24)26)30(27,28)23-9-3-4-10-23/h1-2,5-8,11H,3-4,9-10,12-13H2,(H,22,25). The fourth-order valence-corrected chi connectivity index (χ4v) is 6.22. The van der Waals surface area contributed by atoms with Crippen LogP contribution in [-0.2, 0) is 27.9 Å². The topological polar surface area (TPSA) is 88.5 Å². The zero-order chi connectivity index (χ0) is 21.3. The number of nitrogens with zero attached hydrogens (tertiary/aromatic N) is 2. The van der Waals surface area contributed by atoms with Crippen LogP contribution in [0, 0.1) is 0 Å². The van der Waals surface area contributed by atoms with Gasteiger partial charge in [0, 0.05) is 24.7 Å².